The number of rotatable bonds is 3. The lowest BCUT2D eigenvalue weighted by molar-refractivity contribution is -0.507. The molecule has 2 heterocycles. The van der Waals surface area contributed by atoms with Gasteiger partial charge in [-0.1, -0.05) is 23.8 Å². The molecular formula is C15H14ClN2S+. The van der Waals surface area contributed by atoms with Crippen LogP contribution in [0.3, 0.4) is 0 Å². The van der Waals surface area contributed by atoms with Crippen molar-refractivity contribution in [2.45, 2.75) is 17.6 Å². The number of aromatic nitrogens is 2. The molecule has 1 N–H and O–H groups in total. The Labute approximate surface area is 121 Å². The molecule has 0 atom stereocenters. The summed E-state index contributed by atoms with van der Waals surface area (Å²) >= 11 is 8.15. The third-order valence-corrected chi connectivity index (χ3v) is 4.45. The number of nitrogens with one attached hydrogen (secondary N) is 1. The summed E-state index contributed by atoms with van der Waals surface area (Å²) in [6.45, 7) is 2.10. The van der Waals surface area contributed by atoms with E-state index in [1.54, 1.807) is 11.8 Å². The predicted molar refractivity (Wildman–Crippen MR) is 79.7 cm³/mol. The molecule has 0 amide bonds. The molecule has 3 rings (SSSR count). The molecule has 0 saturated carbocycles. The zero-order valence-corrected chi connectivity index (χ0v) is 12.1. The van der Waals surface area contributed by atoms with Crippen LogP contribution in [0.5, 0.6) is 0 Å². The highest BCUT2D eigenvalue weighted by atomic mass is 35.5. The first-order chi connectivity index (χ1) is 9.24. The van der Waals surface area contributed by atoms with Gasteiger partial charge in [0.2, 0.25) is 5.15 Å². The van der Waals surface area contributed by atoms with Crippen molar-refractivity contribution in [1.82, 2.24) is 4.98 Å². The summed E-state index contributed by atoms with van der Waals surface area (Å²) < 4.78 is 1.96. The minimum absolute atomic E-state index is 0.759. The van der Waals surface area contributed by atoms with Crippen molar-refractivity contribution in [2.24, 2.45) is 0 Å². The number of halogens is 1. The molecule has 0 unspecified atom stereocenters. The van der Waals surface area contributed by atoms with Crippen molar-refractivity contribution >= 4 is 29.0 Å². The smallest absolute Gasteiger partial charge is 0.239 e. The van der Waals surface area contributed by atoms with E-state index in [2.05, 4.69) is 36.2 Å². The van der Waals surface area contributed by atoms with Crippen molar-refractivity contribution in [3.8, 4) is 0 Å². The first-order valence-electron chi connectivity index (χ1n) is 6.10. The number of hydrogen-bond acceptors (Lipinski definition) is 1. The Morgan fingerprint density at radius 1 is 1.16 bits per heavy atom. The minimum atomic E-state index is 0.759. The fourth-order valence-electron chi connectivity index (χ4n) is 1.95. The lowest BCUT2D eigenvalue weighted by Gasteiger charge is -1.99. The van der Waals surface area contributed by atoms with Crippen molar-refractivity contribution in [3.05, 3.63) is 65.1 Å². The van der Waals surface area contributed by atoms with Crippen LogP contribution in [0.25, 0.3) is 5.65 Å². The van der Waals surface area contributed by atoms with Crippen molar-refractivity contribution in [1.29, 1.82) is 0 Å². The van der Waals surface area contributed by atoms with E-state index in [9.17, 15) is 0 Å². The van der Waals surface area contributed by atoms with E-state index < -0.39 is 0 Å². The maximum Gasteiger partial charge on any atom is 0.285 e. The largest absolute Gasteiger partial charge is 0.285 e. The number of imidazole rings is 1. The Bertz CT molecular complexity index is 704. The van der Waals surface area contributed by atoms with Gasteiger partial charge in [-0.15, -0.1) is 11.8 Å². The summed E-state index contributed by atoms with van der Waals surface area (Å²) in [6.07, 6.45) is 1.97. The lowest BCUT2D eigenvalue weighted by Crippen LogP contribution is -2.18. The van der Waals surface area contributed by atoms with Gasteiger partial charge >= 0.3 is 0 Å². The molecular weight excluding hydrogens is 276 g/mol. The summed E-state index contributed by atoms with van der Waals surface area (Å²) in [5.74, 6) is 0.837. The summed E-state index contributed by atoms with van der Waals surface area (Å²) in [4.78, 5) is 4.61. The van der Waals surface area contributed by atoms with Crippen LogP contribution in [0.15, 0.2) is 53.6 Å². The van der Waals surface area contributed by atoms with Gasteiger partial charge in [0.1, 0.15) is 0 Å². The van der Waals surface area contributed by atoms with Gasteiger partial charge in [0.25, 0.3) is 5.65 Å². The number of hydrogen-bond donors (Lipinski definition) is 1. The molecule has 19 heavy (non-hydrogen) atoms. The van der Waals surface area contributed by atoms with Crippen LogP contribution in [-0.4, -0.2) is 4.98 Å². The number of nitrogens with zero attached hydrogens (tertiary/aromatic N) is 1. The van der Waals surface area contributed by atoms with Gasteiger partial charge in [-0.3, -0.25) is 0 Å². The van der Waals surface area contributed by atoms with Crippen LogP contribution in [-0.2, 0) is 5.75 Å². The molecule has 0 bridgehead atoms. The summed E-state index contributed by atoms with van der Waals surface area (Å²) in [6, 6.07) is 14.5. The molecule has 0 aliphatic rings. The monoisotopic (exact) mass is 289 g/mol. The Balaban J connectivity index is 1.82. The maximum absolute atomic E-state index is 6.37. The quantitative estimate of drug-likeness (QED) is 0.570. The van der Waals surface area contributed by atoms with E-state index in [0.29, 0.717) is 0 Å². The summed E-state index contributed by atoms with van der Waals surface area (Å²) in [5, 5.41) is 0.759. The van der Waals surface area contributed by atoms with Gasteiger partial charge in [-0.25, -0.2) is 4.98 Å². The van der Waals surface area contributed by atoms with E-state index >= 15 is 0 Å². The SMILES string of the molecule is Cc1ccc(SCc2[nH]c3cccc[n+]3c2Cl)cc1. The number of pyridine rings is 1. The number of benzene rings is 1. The van der Waals surface area contributed by atoms with Crippen LogP contribution in [0, 0.1) is 6.92 Å². The average molecular weight is 290 g/mol. The Morgan fingerprint density at radius 2 is 1.95 bits per heavy atom. The molecule has 0 spiro atoms. The van der Waals surface area contributed by atoms with Gasteiger partial charge < -0.3 is 0 Å². The fraction of sp³-hybridized carbons (Fsp3) is 0.133. The van der Waals surface area contributed by atoms with Gasteiger partial charge in [0.05, 0.1) is 11.9 Å². The van der Waals surface area contributed by atoms with Gasteiger partial charge in [0, 0.05) is 11.0 Å². The first kappa shape index (κ1) is 12.6. The van der Waals surface area contributed by atoms with E-state index in [4.69, 9.17) is 11.6 Å². The Kier molecular flexibility index (Phi) is 3.49. The molecule has 0 saturated heterocycles. The standard InChI is InChI=1S/C15H13ClN2S/c1-11-5-7-12(8-6-11)19-10-13-15(16)18-9-3-2-4-14(18)17-13/h2-9H,10H2,1H3/p+1. The first-order valence-corrected chi connectivity index (χ1v) is 7.46. The summed E-state index contributed by atoms with van der Waals surface area (Å²) in [7, 11) is 0. The van der Waals surface area contributed by atoms with E-state index in [1.807, 2.05) is 28.8 Å². The maximum atomic E-state index is 6.37. The van der Waals surface area contributed by atoms with Crippen LogP contribution >= 0.6 is 23.4 Å². The lowest BCUT2D eigenvalue weighted by atomic mass is 10.2. The Hall–Kier alpha value is -1.45. The molecule has 2 nitrogen and oxygen atoms in total. The van der Waals surface area contributed by atoms with Crippen LogP contribution < -0.4 is 4.40 Å². The van der Waals surface area contributed by atoms with E-state index in [-0.39, 0.29) is 0 Å². The number of aromatic amines is 1. The number of fused-ring (bicyclic) bond motifs is 1. The van der Waals surface area contributed by atoms with Crippen molar-refractivity contribution in [3.63, 3.8) is 0 Å². The van der Waals surface area contributed by atoms with E-state index in [0.717, 1.165) is 22.2 Å². The van der Waals surface area contributed by atoms with Gasteiger partial charge in [-0.05, 0) is 36.7 Å². The predicted octanol–water partition coefficient (Wildman–Crippen LogP) is 4.01. The molecule has 0 fully saturated rings. The summed E-state index contributed by atoms with van der Waals surface area (Å²) in [5.41, 5.74) is 3.36. The molecule has 0 radical (unpaired) electrons. The van der Waals surface area contributed by atoms with Crippen LogP contribution in [0.2, 0.25) is 5.15 Å². The highest BCUT2D eigenvalue weighted by Crippen LogP contribution is 2.25. The Morgan fingerprint density at radius 3 is 2.68 bits per heavy atom. The highest BCUT2D eigenvalue weighted by molar-refractivity contribution is 7.98. The third-order valence-electron chi connectivity index (χ3n) is 3.00. The zero-order chi connectivity index (χ0) is 13.2. The third kappa shape index (κ3) is 2.62. The van der Waals surface area contributed by atoms with Crippen LogP contribution in [0.4, 0.5) is 0 Å². The molecule has 0 aliphatic heterocycles. The zero-order valence-electron chi connectivity index (χ0n) is 10.6. The number of thioether (sulfide) groups is 1. The topological polar surface area (TPSA) is 19.9 Å². The molecule has 2 aromatic heterocycles. The molecule has 0 aliphatic carbocycles. The van der Waals surface area contributed by atoms with E-state index in [1.165, 1.54) is 10.5 Å². The van der Waals surface area contributed by atoms with Crippen molar-refractivity contribution in [2.75, 3.05) is 0 Å². The molecule has 1 aromatic carbocycles. The second kappa shape index (κ2) is 5.27. The van der Waals surface area contributed by atoms with Gasteiger partial charge in [-0.2, -0.15) is 4.40 Å². The van der Waals surface area contributed by atoms with Crippen molar-refractivity contribution < 1.29 is 4.40 Å². The minimum Gasteiger partial charge on any atom is -0.239 e. The second-order valence-electron chi connectivity index (χ2n) is 4.45. The fourth-order valence-corrected chi connectivity index (χ4v) is 3.14. The van der Waals surface area contributed by atoms with Crippen LogP contribution in [0.1, 0.15) is 11.3 Å². The van der Waals surface area contributed by atoms with Gasteiger partial charge in [0.15, 0.2) is 5.69 Å². The molecule has 96 valence electrons. The second-order valence-corrected chi connectivity index (χ2v) is 5.86. The normalized spacial score (nSPS) is 11.1. The molecule has 4 heteroatoms. The highest BCUT2D eigenvalue weighted by Gasteiger charge is 2.16. The molecule has 3 aromatic rings. The number of H-pyrrole nitrogens is 1. The number of aryl methyl sites for hydroxylation is 1. The average Bonchev–Trinajstić information content (AvgIpc) is 2.76.